The molecule has 5 fully saturated rings. The predicted octanol–water partition coefficient (Wildman–Crippen LogP) is -0.410. The lowest BCUT2D eigenvalue weighted by atomic mass is 9.47. The average molecular weight is 799 g/mol. The van der Waals surface area contributed by atoms with Crippen LogP contribution in [0, 0.1) is 28.6 Å². The summed E-state index contributed by atoms with van der Waals surface area (Å²) in [4.78, 5) is 13.0. The van der Waals surface area contributed by atoms with Crippen molar-refractivity contribution < 1.29 is 78.8 Å². The first-order valence-corrected chi connectivity index (χ1v) is 20.3. The zero-order valence-electron chi connectivity index (χ0n) is 32.8. The van der Waals surface area contributed by atoms with E-state index < -0.39 is 105 Å². The molecular formula is C40H62O16. The van der Waals surface area contributed by atoms with Gasteiger partial charge in [-0.2, -0.15) is 0 Å². The van der Waals surface area contributed by atoms with Crippen molar-refractivity contribution in [1.82, 2.24) is 0 Å². The van der Waals surface area contributed by atoms with Crippen molar-refractivity contribution >= 4 is 5.78 Å². The SMILES string of the molecule is COCC(=O)C1=CC[C@H]2[C@@H]3CC=C4CC(O[C@@H]5O[C@H](CO)[C@@H](O[C@@H]6O[C@@H](C)[C@H](O)[C@@H](O)[C@H]6O)[C@H](O)[C@H]5O[C@@H]5O[C@@H](C)[C@H](O)[C@@H](O)[C@H]5O)CC[C@]4(C)[C@H]3CC[C@]12C. The van der Waals surface area contributed by atoms with Crippen LogP contribution in [0.4, 0.5) is 0 Å². The largest absolute Gasteiger partial charge is 0.394 e. The number of hydrogen-bond acceptors (Lipinski definition) is 16. The lowest BCUT2D eigenvalue weighted by Crippen LogP contribution is -2.66. The van der Waals surface area contributed by atoms with Gasteiger partial charge in [0.05, 0.1) is 24.9 Å². The van der Waals surface area contributed by atoms with Crippen molar-refractivity contribution in [2.45, 2.75) is 171 Å². The van der Waals surface area contributed by atoms with Crippen molar-refractivity contribution in [3.05, 3.63) is 23.3 Å². The number of aliphatic hydroxyl groups is 8. The van der Waals surface area contributed by atoms with Crippen LogP contribution in [0.5, 0.6) is 0 Å². The van der Waals surface area contributed by atoms with Gasteiger partial charge in [0.25, 0.3) is 0 Å². The normalized spacial score (nSPS) is 52.0. The highest BCUT2D eigenvalue weighted by Crippen LogP contribution is 2.65. The van der Waals surface area contributed by atoms with Gasteiger partial charge < -0.3 is 74.0 Å². The molecule has 318 valence electrons. The fraction of sp³-hybridized carbons (Fsp3) is 0.875. The second-order valence-electron chi connectivity index (χ2n) is 17.7. The number of rotatable bonds is 10. The van der Waals surface area contributed by atoms with Gasteiger partial charge in [0, 0.05) is 7.11 Å². The number of ketones is 1. The van der Waals surface area contributed by atoms with Gasteiger partial charge in [-0.1, -0.05) is 31.6 Å². The summed E-state index contributed by atoms with van der Waals surface area (Å²) in [5.74, 6) is 1.31. The van der Waals surface area contributed by atoms with Gasteiger partial charge in [-0.15, -0.1) is 0 Å². The van der Waals surface area contributed by atoms with Crippen molar-refractivity contribution in [2.75, 3.05) is 20.3 Å². The molecule has 0 amide bonds. The molecule has 2 saturated carbocycles. The fourth-order valence-corrected chi connectivity index (χ4v) is 11.2. The summed E-state index contributed by atoms with van der Waals surface area (Å²) in [5, 5.41) is 85.3. The molecule has 0 aromatic heterocycles. The number of carbonyl (C=O) groups is 1. The van der Waals surface area contributed by atoms with E-state index in [1.807, 2.05) is 0 Å². The molecule has 21 atom stereocenters. The predicted molar refractivity (Wildman–Crippen MR) is 193 cm³/mol. The molecule has 8 N–H and O–H groups in total. The number of ether oxygens (including phenoxy) is 7. The first-order chi connectivity index (χ1) is 26.5. The van der Waals surface area contributed by atoms with Crippen molar-refractivity contribution in [3.63, 3.8) is 0 Å². The molecule has 3 heterocycles. The van der Waals surface area contributed by atoms with E-state index in [9.17, 15) is 45.6 Å². The monoisotopic (exact) mass is 798 g/mol. The first-order valence-electron chi connectivity index (χ1n) is 20.3. The lowest BCUT2D eigenvalue weighted by molar-refractivity contribution is -0.388. The standard InChI is InChI=1S/C40H62O16/c1-17-27(43)29(45)31(47)36(51-17)55-34-26(15-41)54-38(35(33(34)49)56-37-32(48)30(46)28(44)18(2)52-37)53-20-10-12-39(3)19(14-20)6-7-21-22-8-9-24(25(42)16-50-5)40(22,4)13-11-23(21)39/h6,9,17-18,20-23,26-38,41,43-49H,7-8,10-16H2,1-5H3/t17-,18-,20?,21-,22-,23-,26+,27-,28-,29+,30+,31+,32+,33-,34+,35+,36-,37-,38+,39-,40-/m0/s1. The third-order valence-electron chi connectivity index (χ3n) is 14.5. The second-order valence-corrected chi connectivity index (χ2v) is 17.7. The molecule has 16 nitrogen and oxygen atoms in total. The van der Waals surface area contributed by atoms with E-state index in [1.54, 1.807) is 7.11 Å². The smallest absolute Gasteiger partial charge is 0.187 e. The average Bonchev–Trinajstić information content (AvgIpc) is 3.53. The molecule has 7 rings (SSSR count). The Hall–Kier alpha value is -1.45. The van der Waals surface area contributed by atoms with Gasteiger partial charge in [-0.3, -0.25) is 4.79 Å². The van der Waals surface area contributed by atoms with E-state index in [1.165, 1.54) is 19.4 Å². The molecule has 0 aromatic carbocycles. The highest BCUT2D eigenvalue weighted by atomic mass is 16.8. The first kappa shape index (κ1) is 42.7. The highest BCUT2D eigenvalue weighted by molar-refractivity contribution is 5.98. The Bertz CT molecular complexity index is 1480. The number of methoxy groups -OCH3 is 1. The van der Waals surface area contributed by atoms with Crippen LogP contribution in [-0.2, 0) is 38.0 Å². The molecule has 56 heavy (non-hydrogen) atoms. The molecule has 3 saturated heterocycles. The van der Waals surface area contributed by atoms with Crippen LogP contribution in [0.25, 0.3) is 0 Å². The molecule has 3 aliphatic heterocycles. The summed E-state index contributed by atoms with van der Waals surface area (Å²) in [7, 11) is 1.55. The molecule has 7 aliphatic rings. The number of hydrogen-bond donors (Lipinski definition) is 8. The number of Topliss-reactive ketones (excluding diaryl/α,β-unsaturated/α-hetero) is 1. The molecule has 0 bridgehead atoms. The molecule has 0 radical (unpaired) electrons. The molecule has 0 aromatic rings. The van der Waals surface area contributed by atoms with E-state index in [0.29, 0.717) is 30.6 Å². The Morgan fingerprint density at radius 3 is 1.93 bits per heavy atom. The van der Waals surface area contributed by atoms with Gasteiger partial charge in [0.2, 0.25) is 0 Å². The van der Waals surface area contributed by atoms with E-state index in [-0.39, 0.29) is 23.2 Å². The van der Waals surface area contributed by atoms with E-state index in [0.717, 1.165) is 37.7 Å². The minimum atomic E-state index is -1.72. The number of carbonyl (C=O) groups excluding carboxylic acids is 1. The van der Waals surface area contributed by atoms with Crippen molar-refractivity contribution in [3.8, 4) is 0 Å². The molecule has 16 heteroatoms. The molecular weight excluding hydrogens is 736 g/mol. The maximum atomic E-state index is 13.0. The Morgan fingerprint density at radius 2 is 1.32 bits per heavy atom. The third-order valence-corrected chi connectivity index (χ3v) is 14.5. The number of allylic oxidation sites excluding steroid dienone is 2. The van der Waals surface area contributed by atoms with Crippen LogP contribution in [-0.4, -0.2) is 165 Å². The zero-order valence-corrected chi connectivity index (χ0v) is 32.8. The second kappa shape index (κ2) is 16.5. The van der Waals surface area contributed by atoms with Crippen LogP contribution in [0.3, 0.4) is 0 Å². The summed E-state index contributed by atoms with van der Waals surface area (Å²) < 4.78 is 41.5. The quantitative estimate of drug-likeness (QED) is 0.131. The van der Waals surface area contributed by atoms with Gasteiger partial charge in [-0.25, -0.2) is 0 Å². The maximum absolute atomic E-state index is 13.0. The van der Waals surface area contributed by atoms with Crippen LogP contribution in [0.15, 0.2) is 23.3 Å². The van der Waals surface area contributed by atoms with Gasteiger partial charge in [0.1, 0.15) is 67.6 Å². The summed E-state index contributed by atoms with van der Waals surface area (Å²) in [6.45, 7) is 6.99. The van der Waals surface area contributed by atoms with E-state index in [2.05, 4.69) is 26.0 Å². The van der Waals surface area contributed by atoms with Gasteiger partial charge in [-0.05, 0) is 93.0 Å². The minimum Gasteiger partial charge on any atom is -0.394 e. The zero-order chi connectivity index (χ0) is 40.4. The number of aliphatic hydroxyl groups excluding tert-OH is 8. The van der Waals surface area contributed by atoms with Crippen molar-refractivity contribution in [2.24, 2.45) is 28.6 Å². The lowest BCUT2D eigenvalue weighted by Gasteiger charge is -2.58. The minimum absolute atomic E-state index is 0.0755. The Balaban J connectivity index is 1.09. The molecule has 4 aliphatic carbocycles. The van der Waals surface area contributed by atoms with Crippen LogP contribution >= 0.6 is 0 Å². The maximum Gasteiger partial charge on any atom is 0.187 e. The fourth-order valence-electron chi connectivity index (χ4n) is 11.2. The summed E-state index contributed by atoms with van der Waals surface area (Å²) in [6, 6.07) is 0. The summed E-state index contributed by atoms with van der Waals surface area (Å²) in [6.07, 6.45) is -11.8. The van der Waals surface area contributed by atoms with Crippen LogP contribution in [0.2, 0.25) is 0 Å². The summed E-state index contributed by atoms with van der Waals surface area (Å²) >= 11 is 0. The Kier molecular flexibility index (Phi) is 12.6. The Morgan fingerprint density at radius 1 is 0.714 bits per heavy atom. The van der Waals surface area contributed by atoms with E-state index in [4.69, 9.17) is 33.2 Å². The van der Waals surface area contributed by atoms with Gasteiger partial charge in [0.15, 0.2) is 24.7 Å². The topological polar surface area (TPSA) is 244 Å². The third kappa shape index (κ3) is 7.38. The van der Waals surface area contributed by atoms with Crippen molar-refractivity contribution in [1.29, 1.82) is 0 Å². The molecule has 1 unspecified atom stereocenters. The van der Waals surface area contributed by atoms with Crippen LogP contribution < -0.4 is 0 Å². The van der Waals surface area contributed by atoms with Gasteiger partial charge >= 0.3 is 0 Å². The van der Waals surface area contributed by atoms with E-state index >= 15 is 0 Å². The highest BCUT2D eigenvalue weighted by Gasteiger charge is 2.59. The Labute approximate surface area is 327 Å². The summed E-state index contributed by atoms with van der Waals surface area (Å²) in [5.41, 5.74) is 1.95. The molecule has 0 spiro atoms. The number of fused-ring (bicyclic) bond motifs is 5. The van der Waals surface area contributed by atoms with Crippen LogP contribution in [0.1, 0.15) is 72.6 Å².